The fraction of sp³-hybridized carbons (Fsp3) is 0.333. The molecule has 134 valence electrons. The number of benzene rings is 1. The maximum Gasteiger partial charge on any atom is 0.243 e. The van der Waals surface area contributed by atoms with Gasteiger partial charge in [0.05, 0.1) is 34.2 Å². The first-order chi connectivity index (χ1) is 12.3. The van der Waals surface area contributed by atoms with Gasteiger partial charge in [0.25, 0.3) is 0 Å². The van der Waals surface area contributed by atoms with Gasteiger partial charge in [0.2, 0.25) is 11.8 Å². The average Bonchev–Trinajstić information content (AvgIpc) is 2.60. The molecule has 8 heteroatoms. The normalized spacial score (nSPS) is 18.5. The predicted molar refractivity (Wildman–Crippen MR) is 103 cm³/mol. The number of nitrogens with zero attached hydrogens (tertiary/aromatic N) is 2. The zero-order valence-corrected chi connectivity index (χ0v) is 16.3. The van der Waals surface area contributed by atoms with Gasteiger partial charge in [-0.1, -0.05) is 37.7 Å². The third-order valence-electron chi connectivity index (χ3n) is 4.06. The second-order valence-corrected chi connectivity index (χ2v) is 7.96. The van der Waals surface area contributed by atoms with Crippen LogP contribution in [0.3, 0.4) is 0 Å². The van der Waals surface area contributed by atoms with Crippen LogP contribution in [0.4, 0.5) is 5.69 Å². The molecule has 1 aliphatic heterocycles. The van der Waals surface area contributed by atoms with Gasteiger partial charge in [0.1, 0.15) is 5.92 Å². The quantitative estimate of drug-likeness (QED) is 0.753. The highest BCUT2D eigenvalue weighted by atomic mass is 32.2. The lowest BCUT2D eigenvalue weighted by Crippen LogP contribution is -2.44. The maximum absolute atomic E-state index is 12.3. The molecule has 1 heterocycles. The summed E-state index contributed by atoms with van der Waals surface area (Å²) in [5.74, 6) is -1.59. The second-order valence-electron chi connectivity index (χ2n) is 6.13. The van der Waals surface area contributed by atoms with E-state index in [9.17, 15) is 20.1 Å². The van der Waals surface area contributed by atoms with Crippen LogP contribution in [0.2, 0.25) is 0 Å². The Morgan fingerprint density at radius 2 is 2.04 bits per heavy atom. The van der Waals surface area contributed by atoms with Gasteiger partial charge in [0.15, 0.2) is 0 Å². The summed E-state index contributed by atoms with van der Waals surface area (Å²) in [6.45, 7) is 3.38. The van der Waals surface area contributed by atoms with Crippen LogP contribution in [-0.4, -0.2) is 23.8 Å². The van der Waals surface area contributed by atoms with Crippen molar-refractivity contribution in [3.05, 3.63) is 34.9 Å². The number of hydrogen-bond donors (Lipinski definition) is 2. The summed E-state index contributed by atoms with van der Waals surface area (Å²) >= 11 is 2.62. The minimum Gasteiger partial charge on any atom is -0.324 e. The standard InChI is InChI=1S/C18H18N4O2S2/c1-18(2)11(8-19)16(24)22-17(12(18)9-20)26-10-15(23)21-13-6-4-5-7-14(13)25-3/h4-7,11H,10H2,1-3H3,(H,21,23)(H,22,24)/t11-/m1/s1. The molecule has 0 fully saturated rings. The highest BCUT2D eigenvalue weighted by Gasteiger charge is 2.44. The SMILES string of the molecule is CSc1ccccc1NC(=O)CSC1=C(C#N)C(C)(C)[C@H](C#N)C(=O)N1. The highest BCUT2D eigenvalue weighted by molar-refractivity contribution is 8.03. The molecule has 0 unspecified atom stereocenters. The van der Waals surface area contributed by atoms with Crippen LogP contribution in [0.5, 0.6) is 0 Å². The molecule has 0 saturated heterocycles. The summed E-state index contributed by atoms with van der Waals surface area (Å²) in [5, 5.41) is 24.5. The van der Waals surface area contributed by atoms with E-state index in [0.717, 1.165) is 22.3 Å². The van der Waals surface area contributed by atoms with Gasteiger partial charge in [-0.2, -0.15) is 10.5 Å². The largest absolute Gasteiger partial charge is 0.324 e. The van der Waals surface area contributed by atoms with E-state index in [-0.39, 0.29) is 11.7 Å². The number of allylic oxidation sites excluding steroid dienone is 1. The van der Waals surface area contributed by atoms with Crippen LogP contribution in [0.1, 0.15) is 13.8 Å². The number of rotatable bonds is 5. The number of carbonyl (C=O) groups is 2. The molecule has 2 N–H and O–H groups in total. The topological polar surface area (TPSA) is 106 Å². The lowest BCUT2D eigenvalue weighted by Gasteiger charge is -2.34. The van der Waals surface area contributed by atoms with E-state index in [1.807, 2.05) is 36.6 Å². The molecule has 6 nitrogen and oxygen atoms in total. The Bertz CT molecular complexity index is 849. The zero-order valence-electron chi connectivity index (χ0n) is 14.6. The fourth-order valence-electron chi connectivity index (χ4n) is 2.61. The molecular weight excluding hydrogens is 368 g/mol. The Morgan fingerprint density at radius 1 is 1.35 bits per heavy atom. The molecule has 0 saturated carbocycles. The van der Waals surface area contributed by atoms with Crippen molar-refractivity contribution in [1.82, 2.24) is 5.32 Å². The first-order valence-electron chi connectivity index (χ1n) is 7.76. The molecule has 0 bridgehead atoms. The maximum atomic E-state index is 12.3. The Morgan fingerprint density at radius 3 is 2.65 bits per heavy atom. The lowest BCUT2D eigenvalue weighted by atomic mass is 9.72. The lowest BCUT2D eigenvalue weighted by molar-refractivity contribution is -0.125. The number of anilines is 1. The molecule has 1 aromatic rings. The third-order valence-corrected chi connectivity index (χ3v) is 5.86. The average molecular weight is 387 g/mol. The number of carbonyl (C=O) groups excluding carboxylic acids is 2. The van der Waals surface area contributed by atoms with Crippen molar-refractivity contribution in [3.63, 3.8) is 0 Å². The molecule has 1 aromatic carbocycles. The van der Waals surface area contributed by atoms with Crippen molar-refractivity contribution in [2.24, 2.45) is 11.3 Å². The first-order valence-corrected chi connectivity index (χ1v) is 9.97. The zero-order chi connectivity index (χ0) is 19.3. The van der Waals surface area contributed by atoms with Crippen molar-refractivity contribution in [2.45, 2.75) is 18.7 Å². The van der Waals surface area contributed by atoms with E-state index in [1.54, 1.807) is 13.8 Å². The van der Waals surface area contributed by atoms with E-state index in [4.69, 9.17) is 0 Å². The van der Waals surface area contributed by atoms with Crippen molar-refractivity contribution >= 4 is 41.0 Å². The highest BCUT2D eigenvalue weighted by Crippen LogP contribution is 2.41. The molecule has 1 aliphatic rings. The van der Waals surface area contributed by atoms with Gasteiger partial charge in [-0.25, -0.2) is 0 Å². The number of nitrogens with one attached hydrogen (secondary N) is 2. The first kappa shape index (κ1) is 19.9. The number of thioether (sulfide) groups is 2. The Labute approximate surface area is 161 Å². The second kappa shape index (κ2) is 8.31. The summed E-state index contributed by atoms with van der Waals surface area (Å²) in [6.07, 6.45) is 1.93. The summed E-state index contributed by atoms with van der Waals surface area (Å²) in [6, 6.07) is 11.5. The monoisotopic (exact) mass is 386 g/mol. The van der Waals surface area contributed by atoms with Crippen molar-refractivity contribution in [1.29, 1.82) is 10.5 Å². The van der Waals surface area contributed by atoms with Gasteiger partial charge in [0, 0.05) is 10.3 Å². The predicted octanol–water partition coefficient (Wildman–Crippen LogP) is 3.11. The smallest absolute Gasteiger partial charge is 0.243 e. The fourth-order valence-corrected chi connectivity index (χ4v) is 4.13. The van der Waals surface area contributed by atoms with E-state index in [1.165, 1.54) is 11.8 Å². The van der Waals surface area contributed by atoms with Gasteiger partial charge in [-0.15, -0.1) is 11.8 Å². The van der Waals surface area contributed by atoms with Gasteiger partial charge < -0.3 is 10.6 Å². The Balaban J connectivity index is 2.14. The van der Waals surface area contributed by atoms with Crippen LogP contribution in [0.25, 0.3) is 0 Å². The minimum absolute atomic E-state index is 0.0385. The number of para-hydroxylation sites is 1. The molecule has 26 heavy (non-hydrogen) atoms. The van der Waals surface area contributed by atoms with E-state index < -0.39 is 17.2 Å². The van der Waals surface area contributed by atoms with Crippen molar-refractivity contribution in [2.75, 3.05) is 17.3 Å². The summed E-state index contributed by atoms with van der Waals surface area (Å²) < 4.78 is 0. The molecular formula is C18H18N4O2S2. The van der Waals surface area contributed by atoms with Crippen molar-refractivity contribution < 1.29 is 9.59 Å². The molecule has 1 atom stereocenters. The van der Waals surface area contributed by atoms with E-state index >= 15 is 0 Å². The third kappa shape index (κ3) is 4.04. The van der Waals surface area contributed by atoms with Gasteiger partial charge in [-0.3, -0.25) is 9.59 Å². The minimum atomic E-state index is -0.941. The van der Waals surface area contributed by atoms with Crippen LogP contribution in [-0.2, 0) is 9.59 Å². The Hall–Kier alpha value is -2.42. The van der Waals surface area contributed by atoms with Crippen LogP contribution < -0.4 is 10.6 Å². The van der Waals surface area contributed by atoms with Crippen LogP contribution in [0.15, 0.2) is 39.8 Å². The van der Waals surface area contributed by atoms with Crippen LogP contribution in [0, 0.1) is 34.0 Å². The molecule has 0 spiro atoms. The number of amides is 2. The van der Waals surface area contributed by atoms with Gasteiger partial charge in [-0.05, 0) is 18.4 Å². The molecule has 0 aromatic heterocycles. The number of hydrogen-bond acceptors (Lipinski definition) is 6. The van der Waals surface area contributed by atoms with Crippen molar-refractivity contribution in [3.8, 4) is 12.1 Å². The molecule has 2 rings (SSSR count). The van der Waals surface area contributed by atoms with Gasteiger partial charge >= 0.3 is 0 Å². The summed E-state index contributed by atoms with van der Waals surface area (Å²) in [5.41, 5.74) is 0.124. The van der Waals surface area contributed by atoms with E-state index in [0.29, 0.717) is 10.6 Å². The molecule has 2 amide bonds. The molecule has 0 radical (unpaired) electrons. The summed E-state index contributed by atoms with van der Waals surface area (Å²) in [4.78, 5) is 25.4. The number of nitriles is 2. The Kier molecular flexibility index (Phi) is 6.36. The molecule has 0 aliphatic carbocycles. The summed E-state index contributed by atoms with van der Waals surface area (Å²) in [7, 11) is 0. The van der Waals surface area contributed by atoms with E-state index in [2.05, 4.69) is 16.7 Å². The van der Waals surface area contributed by atoms with Crippen LogP contribution >= 0.6 is 23.5 Å².